The van der Waals surface area contributed by atoms with Crippen molar-refractivity contribution in [2.75, 3.05) is 19.6 Å². The molecular formula is C21H27N5O2. The third kappa shape index (κ3) is 2.89. The van der Waals surface area contributed by atoms with Crippen molar-refractivity contribution < 1.29 is 0 Å². The van der Waals surface area contributed by atoms with Crippen molar-refractivity contribution >= 4 is 21.9 Å². The average Bonchev–Trinajstić information content (AvgIpc) is 3.10. The topological polar surface area (TPSA) is 86.8 Å². The van der Waals surface area contributed by atoms with Crippen LogP contribution >= 0.6 is 0 Å². The number of rotatable bonds is 3. The van der Waals surface area contributed by atoms with Gasteiger partial charge in [-0.25, -0.2) is 9.78 Å². The Morgan fingerprint density at radius 1 is 1.14 bits per heavy atom. The molecule has 148 valence electrons. The van der Waals surface area contributed by atoms with Crippen molar-refractivity contribution in [3.63, 3.8) is 0 Å². The summed E-state index contributed by atoms with van der Waals surface area (Å²) in [7, 11) is 0. The van der Waals surface area contributed by atoms with Gasteiger partial charge < -0.3 is 9.88 Å². The van der Waals surface area contributed by atoms with E-state index in [-0.39, 0.29) is 17.3 Å². The Bertz CT molecular complexity index is 1140. The van der Waals surface area contributed by atoms with E-state index in [1.807, 2.05) is 10.6 Å². The van der Waals surface area contributed by atoms with E-state index in [4.69, 9.17) is 0 Å². The first-order valence-corrected chi connectivity index (χ1v) is 10.2. The van der Waals surface area contributed by atoms with Gasteiger partial charge in [-0.05, 0) is 43.1 Å². The Balaban J connectivity index is 1.43. The van der Waals surface area contributed by atoms with Gasteiger partial charge in [0.25, 0.3) is 5.56 Å². The minimum atomic E-state index is -0.360. The summed E-state index contributed by atoms with van der Waals surface area (Å²) in [5, 5.41) is 1.32. The van der Waals surface area contributed by atoms with E-state index in [1.54, 1.807) is 12.4 Å². The van der Waals surface area contributed by atoms with Crippen molar-refractivity contribution in [2.24, 2.45) is 11.3 Å². The summed E-state index contributed by atoms with van der Waals surface area (Å²) in [6.45, 7) is 8.20. The van der Waals surface area contributed by atoms with Crippen LogP contribution in [-0.4, -0.2) is 44.1 Å². The second kappa shape index (κ2) is 6.30. The minimum absolute atomic E-state index is 0.122. The third-order valence-corrected chi connectivity index (χ3v) is 6.48. The molecule has 3 aromatic rings. The lowest BCUT2D eigenvalue weighted by Crippen LogP contribution is -2.54. The maximum Gasteiger partial charge on any atom is 0.329 e. The van der Waals surface area contributed by atoms with Crippen LogP contribution < -0.4 is 11.2 Å². The number of hydrogen-bond donors (Lipinski definition) is 2. The molecule has 4 heterocycles. The molecule has 0 unspecified atom stereocenters. The summed E-state index contributed by atoms with van der Waals surface area (Å²) >= 11 is 0. The SMILES string of the molecule is CC1(C)CN(CC2CCC(n3c(=O)[nH]c(=O)c4cnc5[nH]ccc5c43)CC2)C1. The summed E-state index contributed by atoms with van der Waals surface area (Å²) < 4.78 is 1.82. The van der Waals surface area contributed by atoms with Gasteiger partial charge in [-0.2, -0.15) is 0 Å². The van der Waals surface area contributed by atoms with Gasteiger partial charge in [-0.3, -0.25) is 14.3 Å². The van der Waals surface area contributed by atoms with Crippen molar-refractivity contribution in [3.8, 4) is 0 Å². The van der Waals surface area contributed by atoms with Crippen molar-refractivity contribution in [3.05, 3.63) is 39.3 Å². The van der Waals surface area contributed by atoms with Gasteiger partial charge in [0.1, 0.15) is 5.65 Å². The number of likely N-dealkylation sites (tertiary alicyclic amines) is 1. The zero-order valence-corrected chi connectivity index (χ0v) is 16.5. The predicted octanol–water partition coefficient (Wildman–Crippen LogP) is 2.64. The van der Waals surface area contributed by atoms with Crippen LogP contribution in [0.1, 0.15) is 45.6 Å². The highest BCUT2D eigenvalue weighted by Gasteiger charge is 2.36. The number of aromatic amines is 2. The fourth-order valence-electron chi connectivity index (χ4n) is 5.34. The van der Waals surface area contributed by atoms with Crippen molar-refractivity contribution in [1.82, 2.24) is 24.4 Å². The summed E-state index contributed by atoms with van der Waals surface area (Å²) in [6.07, 6.45) is 7.55. The Morgan fingerprint density at radius 3 is 2.61 bits per heavy atom. The molecule has 0 spiro atoms. The molecule has 1 saturated heterocycles. The van der Waals surface area contributed by atoms with Crippen LogP contribution in [0.5, 0.6) is 0 Å². The molecule has 2 N–H and O–H groups in total. The Kier molecular flexibility index (Phi) is 3.98. The number of aromatic nitrogens is 4. The number of nitrogens with zero attached hydrogens (tertiary/aromatic N) is 3. The summed E-state index contributed by atoms with van der Waals surface area (Å²) in [5.74, 6) is 0.700. The average molecular weight is 381 g/mol. The van der Waals surface area contributed by atoms with Crippen LogP contribution in [0.2, 0.25) is 0 Å². The molecule has 1 saturated carbocycles. The van der Waals surface area contributed by atoms with Gasteiger partial charge in [0, 0.05) is 43.5 Å². The van der Waals surface area contributed by atoms with Crippen LogP contribution in [0.15, 0.2) is 28.0 Å². The molecule has 7 heteroatoms. The normalized spacial score (nSPS) is 25.2. The van der Waals surface area contributed by atoms with Gasteiger partial charge in [0.05, 0.1) is 10.9 Å². The van der Waals surface area contributed by atoms with Gasteiger partial charge in [0.2, 0.25) is 0 Å². The van der Waals surface area contributed by atoms with Crippen LogP contribution in [-0.2, 0) is 0 Å². The van der Waals surface area contributed by atoms with Gasteiger partial charge in [-0.15, -0.1) is 0 Å². The second-order valence-corrected chi connectivity index (χ2v) is 9.40. The maximum atomic E-state index is 12.8. The Morgan fingerprint density at radius 2 is 1.89 bits per heavy atom. The molecular weight excluding hydrogens is 354 g/mol. The van der Waals surface area contributed by atoms with E-state index in [9.17, 15) is 9.59 Å². The van der Waals surface area contributed by atoms with E-state index in [0.717, 1.165) is 31.1 Å². The molecule has 5 rings (SSSR count). The number of H-pyrrole nitrogens is 2. The van der Waals surface area contributed by atoms with Gasteiger partial charge in [0.15, 0.2) is 0 Å². The Labute approximate surface area is 162 Å². The molecule has 3 aromatic heterocycles. The Hall–Kier alpha value is -2.41. The molecule has 2 fully saturated rings. The zero-order valence-electron chi connectivity index (χ0n) is 16.5. The number of nitrogens with one attached hydrogen (secondary N) is 2. The van der Waals surface area contributed by atoms with E-state index in [1.165, 1.54) is 19.6 Å². The standard InChI is InChI=1S/C21H27N5O2/c1-21(2)11-25(12-21)10-13-3-5-14(6-4-13)26-17-15-7-8-22-18(15)23-9-16(17)19(27)24-20(26)28/h7-9,13-14H,3-6,10-12H2,1-2H3,(H,22,23)(H,24,27,28). The molecule has 0 radical (unpaired) electrons. The highest BCUT2D eigenvalue weighted by Crippen LogP contribution is 2.36. The highest BCUT2D eigenvalue weighted by atomic mass is 16.2. The van der Waals surface area contributed by atoms with Crippen LogP contribution in [0.4, 0.5) is 0 Å². The molecule has 0 aromatic carbocycles. The van der Waals surface area contributed by atoms with Gasteiger partial charge in [-0.1, -0.05) is 13.8 Å². The molecule has 0 amide bonds. The first-order valence-electron chi connectivity index (χ1n) is 10.2. The zero-order chi connectivity index (χ0) is 19.5. The highest BCUT2D eigenvalue weighted by molar-refractivity contribution is 6.01. The molecule has 28 heavy (non-hydrogen) atoms. The van der Waals surface area contributed by atoms with Crippen LogP contribution in [0.3, 0.4) is 0 Å². The van der Waals surface area contributed by atoms with E-state index >= 15 is 0 Å². The minimum Gasteiger partial charge on any atom is -0.346 e. The molecule has 1 aliphatic carbocycles. The molecule has 0 bridgehead atoms. The summed E-state index contributed by atoms with van der Waals surface area (Å²) in [6, 6.07) is 2.02. The van der Waals surface area contributed by atoms with E-state index in [0.29, 0.717) is 27.9 Å². The maximum absolute atomic E-state index is 12.8. The number of fused-ring (bicyclic) bond motifs is 3. The van der Waals surface area contributed by atoms with Crippen molar-refractivity contribution in [2.45, 2.75) is 45.6 Å². The first-order chi connectivity index (χ1) is 13.4. The predicted molar refractivity (Wildman–Crippen MR) is 110 cm³/mol. The van der Waals surface area contributed by atoms with E-state index in [2.05, 4.69) is 33.7 Å². The smallest absolute Gasteiger partial charge is 0.329 e. The fourth-order valence-corrected chi connectivity index (χ4v) is 5.34. The second-order valence-electron chi connectivity index (χ2n) is 9.40. The molecule has 2 aliphatic rings. The molecule has 7 nitrogen and oxygen atoms in total. The lowest BCUT2D eigenvalue weighted by atomic mass is 9.81. The summed E-state index contributed by atoms with van der Waals surface area (Å²) in [4.78, 5) is 37.6. The largest absolute Gasteiger partial charge is 0.346 e. The third-order valence-electron chi connectivity index (χ3n) is 6.48. The monoisotopic (exact) mass is 381 g/mol. The molecule has 1 aliphatic heterocycles. The summed E-state index contributed by atoms with van der Waals surface area (Å²) in [5.41, 5.74) is 1.23. The quantitative estimate of drug-likeness (QED) is 0.730. The lowest BCUT2D eigenvalue weighted by Gasteiger charge is -2.48. The van der Waals surface area contributed by atoms with E-state index < -0.39 is 0 Å². The number of pyridine rings is 1. The number of hydrogen-bond acceptors (Lipinski definition) is 4. The lowest BCUT2D eigenvalue weighted by molar-refractivity contribution is 0.0117. The first kappa shape index (κ1) is 17.7. The van der Waals surface area contributed by atoms with Crippen molar-refractivity contribution in [1.29, 1.82) is 0 Å². The molecule has 0 atom stereocenters. The fraction of sp³-hybridized carbons (Fsp3) is 0.571. The van der Waals surface area contributed by atoms with Crippen LogP contribution in [0.25, 0.3) is 21.9 Å². The van der Waals surface area contributed by atoms with Gasteiger partial charge >= 0.3 is 5.69 Å². The van der Waals surface area contributed by atoms with Crippen LogP contribution in [0, 0.1) is 11.3 Å².